The molecule has 8 heteroatoms. The number of hydrogen-bond acceptors (Lipinski definition) is 4. The van der Waals surface area contributed by atoms with Crippen molar-refractivity contribution in [1.29, 1.82) is 0 Å². The number of rotatable bonds is 4. The van der Waals surface area contributed by atoms with Gasteiger partial charge in [0, 0.05) is 12.1 Å². The van der Waals surface area contributed by atoms with Gasteiger partial charge in [0.1, 0.15) is 0 Å². The highest BCUT2D eigenvalue weighted by atomic mass is 32.1. The van der Waals surface area contributed by atoms with Crippen molar-refractivity contribution in [3.8, 4) is 0 Å². The summed E-state index contributed by atoms with van der Waals surface area (Å²) in [6.07, 6.45) is -4.59. The molecular formula is C13H12F3N3OS. The molecule has 0 spiro atoms. The first-order chi connectivity index (χ1) is 9.91. The van der Waals surface area contributed by atoms with Crippen LogP contribution in [0.2, 0.25) is 0 Å². The van der Waals surface area contributed by atoms with Crippen molar-refractivity contribution in [1.82, 2.24) is 5.32 Å². The summed E-state index contributed by atoms with van der Waals surface area (Å²) >= 11 is 1.48. The summed E-state index contributed by atoms with van der Waals surface area (Å²) in [6, 6.07) is 5.02. The van der Waals surface area contributed by atoms with Gasteiger partial charge in [-0.05, 0) is 40.6 Å². The lowest BCUT2D eigenvalue weighted by Crippen LogP contribution is -2.23. The second-order valence-corrected chi connectivity index (χ2v) is 5.00. The van der Waals surface area contributed by atoms with Crippen LogP contribution in [0.3, 0.4) is 0 Å². The Bertz CT molecular complexity index is 626. The molecule has 2 rings (SSSR count). The largest absolute Gasteiger partial charge is 0.418 e. The highest BCUT2D eigenvalue weighted by Crippen LogP contribution is 2.35. The molecule has 0 saturated carbocycles. The van der Waals surface area contributed by atoms with Crippen LogP contribution in [0.1, 0.15) is 21.5 Å². The summed E-state index contributed by atoms with van der Waals surface area (Å²) < 4.78 is 38.6. The molecule has 4 N–H and O–H groups in total. The number of amides is 1. The highest BCUT2D eigenvalue weighted by molar-refractivity contribution is 7.07. The van der Waals surface area contributed by atoms with E-state index in [4.69, 9.17) is 5.84 Å². The van der Waals surface area contributed by atoms with Crippen LogP contribution >= 0.6 is 11.3 Å². The zero-order valence-corrected chi connectivity index (χ0v) is 11.5. The molecule has 1 aromatic heterocycles. The predicted molar refractivity (Wildman–Crippen MR) is 74.7 cm³/mol. The van der Waals surface area contributed by atoms with Gasteiger partial charge in [-0.2, -0.15) is 24.5 Å². The third-order valence-electron chi connectivity index (χ3n) is 2.78. The number of alkyl halides is 3. The minimum atomic E-state index is -4.59. The Morgan fingerprint density at radius 1 is 1.29 bits per heavy atom. The molecule has 4 nitrogen and oxygen atoms in total. The first-order valence-corrected chi connectivity index (χ1v) is 6.83. The Hall–Kier alpha value is -2.06. The van der Waals surface area contributed by atoms with Gasteiger partial charge in [-0.3, -0.25) is 10.6 Å². The van der Waals surface area contributed by atoms with Gasteiger partial charge in [0.05, 0.1) is 11.3 Å². The van der Waals surface area contributed by atoms with Crippen LogP contribution in [0.4, 0.5) is 18.9 Å². The molecule has 0 aliphatic carbocycles. The monoisotopic (exact) mass is 315 g/mol. The molecule has 1 heterocycles. The number of anilines is 1. The van der Waals surface area contributed by atoms with E-state index in [2.05, 4.69) is 5.32 Å². The second-order valence-electron chi connectivity index (χ2n) is 4.22. The van der Waals surface area contributed by atoms with Gasteiger partial charge >= 0.3 is 6.18 Å². The van der Waals surface area contributed by atoms with Gasteiger partial charge in [0.25, 0.3) is 5.91 Å². The topological polar surface area (TPSA) is 67.1 Å². The lowest BCUT2D eigenvalue weighted by atomic mass is 10.1. The Labute approximate surface area is 122 Å². The molecule has 0 bridgehead atoms. The Morgan fingerprint density at radius 2 is 2.05 bits per heavy atom. The lowest BCUT2D eigenvalue weighted by molar-refractivity contribution is -0.137. The van der Waals surface area contributed by atoms with Crippen LogP contribution in [0.5, 0.6) is 0 Å². The average Bonchev–Trinajstić information content (AvgIpc) is 2.96. The fourth-order valence-corrected chi connectivity index (χ4v) is 2.39. The van der Waals surface area contributed by atoms with Gasteiger partial charge in [-0.15, -0.1) is 0 Å². The number of nitrogen functional groups attached to an aromatic ring is 1. The highest BCUT2D eigenvalue weighted by Gasteiger charge is 2.34. The Morgan fingerprint density at radius 3 is 2.62 bits per heavy atom. The third kappa shape index (κ3) is 3.73. The van der Waals surface area contributed by atoms with Crippen molar-refractivity contribution in [3.05, 3.63) is 51.7 Å². The summed E-state index contributed by atoms with van der Waals surface area (Å²) in [5.41, 5.74) is 1.53. The minimum absolute atomic E-state index is 0.0726. The minimum Gasteiger partial charge on any atom is -0.348 e. The molecule has 0 radical (unpaired) electrons. The first-order valence-electron chi connectivity index (χ1n) is 5.89. The van der Waals surface area contributed by atoms with Crippen LogP contribution in [-0.2, 0) is 12.7 Å². The van der Waals surface area contributed by atoms with Crippen LogP contribution in [0.25, 0.3) is 0 Å². The van der Waals surface area contributed by atoms with Gasteiger partial charge < -0.3 is 10.7 Å². The number of benzene rings is 1. The summed E-state index contributed by atoms with van der Waals surface area (Å²) in [5.74, 6) is 4.47. The maximum atomic E-state index is 12.9. The number of carbonyl (C=O) groups excluding carboxylic acids is 1. The van der Waals surface area contributed by atoms with E-state index in [0.29, 0.717) is 0 Å². The molecule has 0 unspecified atom stereocenters. The molecule has 0 aliphatic heterocycles. The standard InChI is InChI=1S/C13H12F3N3OS/c14-13(15,16)10-5-9(1-2-11(10)19-17)12(20)18-6-8-3-4-21-7-8/h1-5,7,19H,6,17H2,(H,18,20). The van der Waals surface area contributed by atoms with Crippen LogP contribution in [0, 0.1) is 0 Å². The lowest BCUT2D eigenvalue weighted by Gasteiger charge is -2.13. The van der Waals surface area contributed by atoms with Crippen molar-refractivity contribution in [3.63, 3.8) is 0 Å². The number of nitrogens with one attached hydrogen (secondary N) is 2. The number of carbonyl (C=O) groups is 1. The van der Waals surface area contributed by atoms with E-state index in [-0.39, 0.29) is 17.8 Å². The van der Waals surface area contributed by atoms with E-state index in [9.17, 15) is 18.0 Å². The van der Waals surface area contributed by atoms with E-state index in [1.807, 2.05) is 22.3 Å². The zero-order valence-electron chi connectivity index (χ0n) is 10.7. The van der Waals surface area contributed by atoms with Gasteiger partial charge in [-0.25, -0.2) is 0 Å². The van der Waals surface area contributed by atoms with Crippen molar-refractivity contribution in [2.75, 3.05) is 5.43 Å². The summed E-state index contributed by atoms with van der Waals surface area (Å²) in [6.45, 7) is 0.264. The van der Waals surface area contributed by atoms with Crippen LogP contribution in [-0.4, -0.2) is 5.91 Å². The molecule has 2 aromatic rings. The molecule has 21 heavy (non-hydrogen) atoms. The number of hydrazine groups is 1. The molecule has 1 aromatic carbocycles. The maximum Gasteiger partial charge on any atom is 0.418 e. The number of thiophene rings is 1. The van der Waals surface area contributed by atoms with E-state index in [0.717, 1.165) is 17.7 Å². The van der Waals surface area contributed by atoms with E-state index >= 15 is 0 Å². The SMILES string of the molecule is NNc1ccc(C(=O)NCc2ccsc2)cc1C(F)(F)F. The summed E-state index contributed by atoms with van der Waals surface area (Å²) in [4.78, 5) is 11.9. The van der Waals surface area contributed by atoms with E-state index in [1.165, 1.54) is 17.4 Å². The number of hydrogen-bond donors (Lipinski definition) is 3. The summed E-state index contributed by atoms with van der Waals surface area (Å²) in [5, 5.41) is 6.27. The van der Waals surface area contributed by atoms with Gasteiger partial charge in [0.2, 0.25) is 0 Å². The average molecular weight is 315 g/mol. The van der Waals surface area contributed by atoms with E-state index in [1.54, 1.807) is 0 Å². The van der Waals surface area contributed by atoms with Gasteiger partial charge in [0.15, 0.2) is 0 Å². The van der Waals surface area contributed by atoms with Crippen molar-refractivity contribution < 1.29 is 18.0 Å². The fourth-order valence-electron chi connectivity index (χ4n) is 1.72. The number of halogens is 3. The number of nitrogens with two attached hydrogens (primary N) is 1. The van der Waals surface area contributed by atoms with Crippen molar-refractivity contribution in [2.45, 2.75) is 12.7 Å². The van der Waals surface area contributed by atoms with Crippen LogP contribution in [0.15, 0.2) is 35.0 Å². The maximum absolute atomic E-state index is 12.9. The second kappa shape index (κ2) is 6.15. The van der Waals surface area contributed by atoms with E-state index < -0.39 is 17.6 Å². The smallest absolute Gasteiger partial charge is 0.348 e. The zero-order chi connectivity index (χ0) is 15.5. The normalized spacial score (nSPS) is 11.2. The predicted octanol–water partition coefficient (Wildman–Crippen LogP) is 2.98. The molecule has 1 amide bonds. The summed E-state index contributed by atoms with van der Waals surface area (Å²) in [7, 11) is 0. The molecule has 0 aliphatic rings. The molecule has 0 fully saturated rings. The fraction of sp³-hybridized carbons (Fsp3) is 0.154. The Kier molecular flexibility index (Phi) is 4.49. The van der Waals surface area contributed by atoms with Crippen molar-refractivity contribution >= 4 is 22.9 Å². The van der Waals surface area contributed by atoms with Gasteiger partial charge in [-0.1, -0.05) is 0 Å². The quantitative estimate of drug-likeness (QED) is 0.600. The Balaban J connectivity index is 2.17. The van der Waals surface area contributed by atoms with Crippen molar-refractivity contribution in [2.24, 2.45) is 5.84 Å². The molecular weight excluding hydrogens is 303 g/mol. The molecule has 112 valence electrons. The third-order valence-corrected chi connectivity index (χ3v) is 3.51. The molecule has 0 atom stereocenters. The first kappa shape index (κ1) is 15.3. The molecule has 0 saturated heterocycles. The van der Waals surface area contributed by atoms with Crippen LogP contribution < -0.4 is 16.6 Å².